The summed E-state index contributed by atoms with van der Waals surface area (Å²) < 4.78 is 8.85. The summed E-state index contributed by atoms with van der Waals surface area (Å²) in [5.74, 6) is -0.608. The number of aliphatic hydroxyl groups is 1. The van der Waals surface area contributed by atoms with E-state index in [1.165, 1.54) is 6.92 Å². The van der Waals surface area contributed by atoms with E-state index in [0.29, 0.717) is 0 Å². The fourth-order valence-electron chi connectivity index (χ4n) is 0.522. The normalized spacial score (nSPS) is 11.6. The second kappa shape index (κ2) is 5.98. The summed E-state index contributed by atoms with van der Waals surface area (Å²) in [6.07, 6.45) is -2.07. The Kier molecular flexibility index (Phi) is 5.31. The molecule has 1 amide bonds. The van der Waals surface area contributed by atoms with Gasteiger partial charge in [0, 0.05) is 5.57 Å². The standard InChI is InChI=1S/C8H13NO5/c1-5(2)7(11)13-3-6(10)4-14-8(9)12/h6,10H,1,3-4H2,2H3,(H2,9,12). The van der Waals surface area contributed by atoms with E-state index in [-0.39, 0.29) is 18.8 Å². The summed E-state index contributed by atoms with van der Waals surface area (Å²) in [5.41, 5.74) is 4.88. The number of ether oxygens (including phenoxy) is 2. The van der Waals surface area contributed by atoms with E-state index in [1.807, 2.05) is 0 Å². The third-order valence-corrected chi connectivity index (χ3v) is 1.17. The number of primary amides is 1. The van der Waals surface area contributed by atoms with Gasteiger partial charge in [0.2, 0.25) is 0 Å². The molecule has 14 heavy (non-hydrogen) atoms. The summed E-state index contributed by atoms with van der Waals surface area (Å²) in [6.45, 7) is 4.25. The highest BCUT2D eigenvalue weighted by Gasteiger charge is 2.10. The van der Waals surface area contributed by atoms with Gasteiger partial charge < -0.3 is 20.3 Å². The Morgan fingerprint density at radius 1 is 1.43 bits per heavy atom. The molecule has 3 N–H and O–H groups in total. The highest BCUT2D eigenvalue weighted by atomic mass is 16.6. The van der Waals surface area contributed by atoms with Gasteiger partial charge in [-0.05, 0) is 6.92 Å². The number of carbonyl (C=O) groups excluding carboxylic acids is 2. The minimum Gasteiger partial charge on any atom is -0.459 e. The summed E-state index contributed by atoms with van der Waals surface area (Å²) in [4.78, 5) is 20.9. The molecule has 80 valence electrons. The fourth-order valence-corrected chi connectivity index (χ4v) is 0.522. The fraction of sp³-hybridized carbons (Fsp3) is 0.500. The van der Waals surface area contributed by atoms with Crippen molar-refractivity contribution in [2.24, 2.45) is 5.73 Å². The van der Waals surface area contributed by atoms with Crippen LogP contribution in [0.5, 0.6) is 0 Å². The van der Waals surface area contributed by atoms with E-state index in [1.54, 1.807) is 0 Å². The molecular weight excluding hydrogens is 190 g/mol. The van der Waals surface area contributed by atoms with Gasteiger partial charge in [0.1, 0.15) is 19.3 Å². The van der Waals surface area contributed by atoms with Gasteiger partial charge in [-0.1, -0.05) is 6.58 Å². The first kappa shape index (κ1) is 12.4. The lowest BCUT2D eigenvalue weighted by Gasteiger charge is -2.10. The SMILES string of the molecule is C=C(C)C(=O)OCC(O)COC(N)=O. The molecule has 0 aliphatic carbocycles. The lowest BCUT2D eigenvalue weighted by molar-refractivity contribution is -0.142. The molecular formula is C8H13NO5. The van der Waals surface area contributed by atoms with Crippen LogP contribution in [0.25, 0.3) is 0 Å². The molecule has 6 heteroatoms. The molecule has 0 aliphatic rings. The average molecular weight is 203 g/mol. The number of hydrogen-bond donors (Lipinski definition) is 2. The molecule has 0 saturated carbocycles. The van der Waals surface area contributed by atoms with Crippen molar-refractivity contribution in [2.45, 2.75) is 13.0 Å². The molecule has 0 spiro atoms. The summed E-state index contributed by atoms with van der Waals surface area (Å²) >= 11 is 0. The van der Waals surface area contributed by atoms with Gasteiger partial charge in [-0.15, -0.1) is 0 Å². The van der Waals surface area contributed by atoms with Gasteiger partial charge in [-0.25, -0.2) is 9.59 Å². The van der Waals surface area contributed by atoms with Crippen LogP contribution in [0.2, 0.25) is 0 Å². The van der Waals surface area contributed by atoms with Crippen LogP contribution in [-0.4, -0.2) is 36.5 Å². The van der Waals surface area contributed by atoms with Crippen LogP contribution in [0, 0.1) is 0 Å². The average Bonchev–Trinajstić information content (AvgIpc) is 2.10. The molecule has 0 fully saturated rings. The monoisotopic (exact) mass is 203 g/mol. The van der Waals surface area contributed by atoms with Crippen molar-refractivity contribution in [3.63, 3.8) is 0 Å². The molecule has 6 nitrogen and oxygen atoms in total. The Balaban J connectivity index is 3.63. The number of esters is 1. The van der Waals surface area contributed by atoms with E-state index < -0.39 is 18.2 Å². The summed E-state index contributed by atoms with van der Waals surface area (Å²) in [6, 6.07) is 0. The van der Waals surface area contributed by atoms with E-state index in [0.717, 1.165) is 0 Å². The number of nitrogens with two attached hydrogens (primary N) is 1. The first-order valence-corrected chi connectivity index (χ1v) is 3.86. The molecule has 0 saturated heterocycles. The first-order chi connectivity index (χ1) is 6.43. The van der Waals surface area contributed by atoms with Gasteiger partial charge in [0.15, 0.2) is 0 Å². The molecule has 1 unspecified atom stereocenters. The van der Waals surface area contributed by atoms with Gasteiger partial charge in [-0.2, -0.15) is 0 Å². The van der Waals surface area contributed by atoms with Crippen LogP contribution >= 0.6 is 0 Å². The van der Waals surface area contributed by atoms with E-state index in [9.17, 15) is 9.59 Å². The second-order valence-electron chi connectivity index (χ2n) is 2.66. The highest BCUT2D eigenvalue weighted by Crippen LogP contribution is 1.94. The maximum absolute atomic E-state index is 10.8. The quantitative estimate of drug-likeness (QED) is 0.466. The van der Waals surface area contributed by atoms with Crippen LogP contribution in [0.15, 0.2) is 12.2 Å². The van der Waals surface area contributed by atoms with Gasteiger partial charge in [-0.3, -0.25) is 0 Å². The summed E-state index contributed by atoms with van der Waals surface area (Å²) in [5, 5.41) is 9.09. The van der Waals surface area contributed by atoms with Crippen molar-refractivity contribution < 1.29 is 24.2 Å². The zero-order valence-electron chi connectivity index (χ0n) is 7.86. The zero-order valence-corrected chi connectivity index (χ0v) is 7.86. The number of amides is 1. The zero-order chi connectivity index (χ0) is 11.1. The molecule has 0 heterocycles. The molecule has 0 aromatic heterocycles. The van der Waals surface area contributed by atoms with Crippen LogP contribution in [0.1, 0.15) is 6.92 Å². The Hall–Kier alpha value is -1.56. The first-order valence-electron chi connectivity index (χ1n) is 3.86. The van der Waals surface area contributed by atoms with Crippen molar-refractivity contribution in [3.05, 3.63) is 12.2 Å². The van der Waals surface area contributed by atoms with Crippen molar-refractivity contribution in [2.75, 3.05) is 13.2 Å². The lowest BCUT2D eigenvalue weighted by Crippen LogP contribution is -2.27. The molecule has 0 rings (SSSR count). The Morgan fingerprint density at radius 2 is 1.93 bits per heavy atom. The Morgan fingerprint density at radius 3 is 2.36 bits per heavy atom. The van der Waals surface area contributed by atoms with E-state index in [2.05, 4.69) is 21.8 Å². The largest absolute Gasteiger partial charge is 0.459 e. The van der Waals surface area contributed by atoms with Gasteiger partial charge in [0.05, 0.1) is 0 Å². The van der Waals surface area contributed by atoms with Gasteiger partial charge >= 0.3 is 12.1 Å². The third kappa shape index (κ3) is 6.01. The topological polar surface area (TPSA) is 98.8 Å². The van der Waals surface area contributed by atoms with Crippen LogP contribution < -0.4 is 5.73 Å². The van der Waals surface area contributed by atoms with Crippen molar-refractivity contribution in [3.8, 4) is 0 Å². The maximum atomic E-state index is 10.8. The van der Waals surface area contributed by atoms with E-state index in [4.69, 9.17) is 5.11 Å². The predicted molar refractivity (Wildman–Crippen MR) is 47.3 cm³/mol. The number of rotatable bonds is 5. The Bertz CT molecular complexity index is 238. The van der Waals surface area contributed by atoms with Crippen LogP contribution in [0.3, 0.4) is 0 Å². The molecule has 0 aliphatic heterocycles. The number of aliphatic hydroxyl groups excluding tert-OH is 1. The van der Waals surface area contributed by atoms with Crippen molar-refractivity contribution in [1.29, 1.82) is 0 Å². The second-order valence-corrected chi connectivity index (χ2v) is 2.66. The number of hydrogen-bond acceptors (Lipinski definition) is 5. The van der Waals surface area contributed by atoms with Crippen molar-refractivity contribution in [1.82, 2.24) is 0 Å². The van der Waals surface area contributed by atoms with Crippen LogP contribution in [-0.2, 0) is 14.3 Å². The molecule has 1 atom stereocenters. The molecule has 0 bridgehead atoms. The lowest BCUT2D eigenvalue weighted by atomic mass is 10.3. The minimum absolute atomic E-state index is 0.230. The molecule has 0 aromatic rings. The predicted octanol–water partition coefficient (Wildman–Crippen LogP) is -0.438. The molecule has 0 radical (unpaired) electrons. The smallest absolute Gasteiger partial charge is 0.404 e. The molecule has 0 aromatic carbocycles. The third-order valence-electron chi connectivity index (χ3n) is 1.17. The Labute approximate surface area is 81.3 Å². The van der Waals surface area contributed by atoms with Gasteiger partial charge in [0.25, 0.3) is 0 Å². The number of carbonyl (C=O) groups is 2. The highest BCUT2D eigenvalue weighted by molar-refractivity contribution is 5.86. The van der Waals surface area contributed by atoms with Crippen LogP contribution in [0.4, 0.5) is 4.79 Å². The summed E-state index contributed by atoms with van der Waals surface area (Å²) in [7, 11) is 0. The van der Waals surface area contributed by atoms with Crippen molar-refractivity contribution >= 4 is 12.1 Å². The van der Waals surface area contributed by atoms with E-state index >= 15 is 0 Å². The minimum atomic E-state index is -1.08. The maximum Gasteiger partial charge on any atom is 0.404 e.